The van der Waals surface area contributed by atoms with E-state index >= 15 is 0 Å². The van der Waals surface area contributed by atoms with Crippen LogP contribution in [0.15, 0.2) is 24.3 Å². The Morgan fingerprint density at radius 2 is 2.06 bits per heavy atom. The van der Waals surface area contributed by atoms with E-state index in [9.17, 15) is 4.39 Å². The molecular formula is C15H23FN2. The summed E-state index contributed by atoms with van der Waals surface area (Å²) in [5.41, 5.74) is 1.09. The summed E-state index contributed by atoms with van der Waals surface area (Å²) in [6, 6.07) is 7.44. The Kier molecular flexibility index (Phi) is 5.00. The summed E-state index contributed by atoms with van der Waals surface area (Å²) in [5, 5.41) is 3.57. The van der Waals surface area contributed by atoms with Crippen molar-refractivity contribution in [1.82, 2.24) is 5.32 Å². The van der Waals surface area contributed by atoms with E-state index in [-0.39, 0.29) is 5.82 Å². The highest BCUT2D eigenvalue weighted by Crippen LogP contribution is 2.15. The number of halogens is 1. The van der Waals surface area contributed by atoms with Crippen LogP contribution in [-0.2, 0) is 0 Å². The highest BCUT2D eigenvalue weighted by Gasteiger charge is 2.12. The lowest BCUT2D eigenvalue weighted by Gasteiger charge is -2.25. The van der Waals surface area contributed by atoms with Crippen molar-refractivity contribution in [1.29, 1.82) is 0 Å². The van der Waals surface area contributed by atoms with Crippen LogP contribution in [0, 0.1) is 5.82 Å². The Morgan fingerprint density at radius 1 is 1.28 bits per heavy atom. The summed E-state index contributed by atoms with van der Waals surface area (Å²) in [4.78, 5) is 2.20. The summed E-state index contributed by atoms with van der Waals surface area (Å²) in [5.74, 6) is -0.168. The van der Waals surface area contributed by atoms with Gasteiger partial charge in [0, 0.05) is 25.3 Å². The van der Waals surface area contributed by atoms with E-state index in [1.165, 1.54) is 50.8 Å². The molecule has 0 aromatic heterocycles. The Labute approximate surface area is 109 Å². The van der Waals surface area contributed by atoms with Crippen LogP contribution in [0.4, 0.5) is 10.1 Å². The molecule has 1 aliphatic heterocycles. The van der Waals surface area contributed by atoms with Gasteiger partial charge in [0.15, 0.2) is 0 Å². The van der Waals surface area contributed by atoms with Gasteiger partial charge in [-0.15, -0.1) is 0 Å². The molecule has 0 spiro atoms. The van der Waals surface area contributed by atoms with Crippen LogP contribution in [-0.4, -0.2) is 26.2 Å². The molecule has 1 unspecified atom stereocenters. The maximum Gasteiger partial charge on any atom is 0.123 e. The van der Waals surface area contributed by atoms with Gasteiger partial charge < -0.3 is 10.2 Å². The van der Waals surface area contributed by atoms with Crippen LogP contribution in [0.2, 0.25) is 0 Å². The van der Waals surface area contributed by atoms with Gasteiger partial charge in [-0.3, -0.25) is 0 Å². The van der Waals surface area contributed by atoms with E-state index in [1.807, 2.05) is 12.1 Å². The van der Waals surface area contributed by atoms with Gasteiger partial charge in [0.05, 0.1) is 0 Å². The molecule has 0 amide bonds. The van der Waals surface area contributed by atoms with Crippen molar-refractivity contribution >= 4 is 5.69 Å². The summed E-state index contributed by atoms with van der Waals surface area (Å²) < 4.78 is 12.8. The standard InChI is InChI=1S/C15H23FN2/c1-18(15-9-7-13(16)8-10-15)12-4-6-14-5-2-3-11-17-14/h7-10,14,17H,2-6,11-12H2,1H3. The third-order valence-corrected chi connectivity index (χ3v) is 3.73. The van der Waals surface area contributed by atoms with Gasteiger partial charge in [0.25, 0.3) is 0 Å². The first kappa shape index (κ1) is 13.3. The molecular weight excluding hydrogens is 227 g/mol. The largest absolute Gasteiger partial charge is 0.375 e. The number of anilines is 1. The number of nitrogens with zero attached hydrogens (tertiary/aromatic N) is 1. The van der Waals surface area contributed by atoms with E-state index < -0.39 is 0 Å². The normalized spacial score (nSPS) is 19.8. The van der Waals surface area contributed by atoms with Crippen LogP contribution in [0.3, 0.4) is 0 Å². The van der Waals surface area contributed by atoms with Crippen molar-refractivity contribution in [2.75, 3.05) is 25.0 Å². The molecule has 0 radical (unpaired) electrons. The van der Waals surface area contributed by atoms with Gasteiger partial charge in [-0.05, 0) is 56.5 Å². The molecule has 3 heteroatoms. The average molecular weight is 250 g/mol. The van der Waals surface area contributed by atoms with E-state index in [2.05, 4.69) is 17.3 Å². The minimum Gasteiger partial charge on any atom is -0.375 e. The van der Waals surface area contributed by atoms with Crippen molar-refractivity contribution in [3.8, 4) is 0 Å². The Bertz CT molecular complexity index is 344. The van der Waals surface area contributed by atoms with Gasteiger partial charge in [0.1, 0.15) is 5.82 Å². The molecule has 1 atom stereocenters. The zero-order valence-electron chi connectivity index (χ0n) is 11.2. The first-order valence-electron chi connectivity index (χ1n) is 6.96. The van der Waals surface area contributed by atoms with Crippen LogP contribution < -0.4 is 10.2 Å². The molecule has 18 heavy (non-hydrogen) atoms. The molecule has 1 saturated heterocycles. The molecule has 1 aromatic rings. The topological polar surface area (TPSA) is 15.3 Å². The maximum absolute atomic E-state index is 12.8. The lowest BCUT2D eigenvalue weighted by atomic mass is 10.0. The predicted molar refractivity (Wildman–Crippen MR) is 74.5 cm³/mol. The number of hydrogen-bond acceptors (Lipinski definition) is 2. The van der Waals surface area contributed by atoms with Crippen LogP contribution in [0.25, 0.3) is 0 Å². The third-order valence-electron chi connectivity index (χ3n) is 3.73. The van der Waals surface area contributed by atoms with Crippen molar-refractivity contribution in [3.63, 3.8) is 0 Å². The minimum atomic E-state index is -0.168. The second-order valence-electron chi connectivity index (χ2n) is 5.19. The quantitative estimate of drug-likeness (QED) is 0.863. The van der Waals surface area contributed by atoms with Crippen LogP contribution >= 0.6 is 0 Å². The number of rotatable bonds is 5. The molecule has 0 saturated carbocycles. The summed E-state index contributed by atoms with van der Waals surface area (Å²) in [7, 11) is 2.07. The summed E-state index contributed by atoms with van der Waals surface area (Å²) >= 11 is 0. The first-order chi connectivity index (χ1) is 8.75. The lowest BCUT2D eigenvalue weighted by Crippen LogP contribution is -2.34. The van der Waals surface area contributed by atoms with Gasteiger partial charge in [-0.25, -0.2) is 4.39 Å². The lowest BCUT2D eigenvalue weighted by molar-refractivity contribution is 0.376. The van der Waals surface area contributed by atoms with Crippen LogP contribution in [0.5, 0.6) is 0 Å². The van der Waals surface area contributed by atoms with Crippen molar-refractivity contribution in [2.24, 2.45) is 0 Å². The second kappa shape index (κ2) is 6.74. The Balaban J connectivity index is 1.70. The van der Waals surface area contributed by atoms with E-state index in [0.29, 0.717) is 6.04 Å². The fraction of sp³-hybridized carbons (Fsp3) is 0.600. The molecule has 1 aromatic carbocycles. The van der Waals surface area contributed by atoms with E-state index in [0.717, 1.165) is 12.2 Å². The molecule has 100 valence electrons. The SMILES string of the molecule is CN(CCCC1CCCCN1)c1ccc(F)cc1. The molecule has 2 nitrogen and oxygen atoms in total. The summed E-state index contributed by atoms with van der Waals surface area (Å²) in [6.45, 7) is 2.21. The number of nitrogens with one attached hydrogen (secondary N) is 1. The average Bonchev–Trinajstić information content (AvgIpc) is 2.40. The number of benzene rings is 1. The molecule has 2 rings (SSSR count). The van der Waals surface area contributed by atoms with Crippen molar-refractivity contribution in [3.05, 3.63) is 30.1 Å². The smallest absolute Gasteiger partial charge is 0.123 e. The predicted octanol–water partition coefficient (Wildman–Crippen LogP) is 3.18. The highest BCUT2D eigenvalue weighted by molar-refractivity contribution is 5.45. The molecule has 0 bridgehead atoms. The molecule has 0 aliphatic carbocycles. The van der Waals surface area contributed by atoms with E-state index in [1.54, 1.807) is 0 Å². The fourth-order valence-corrected chi connectivity index (χ4v) is 2.57. The maximum atomic E-state index is 12.8. The molecule has 1 fully saturated rings. The minimum absolute atomic E-state index is 0.168. The third kappa shape index (κ3) is 3.98. The monoisotopic (exact) mass is 250 g/mol. The zero-order valence-corrected chi connectivity index (χ0v) is 11.2. The fourth-order valence-electron chi connectivity index (χ4n) is 2.57. The van der Waals surface area contributed by atoms with Gasteiger partial charge in [-0.2, -0.15) is 0 Å². The first-order valence-corrected chi connectivity index (χ1v) is 6.96. The molecule has 1 aliphatic rings. The van der Waals surface area contributed by atoms with Crippen molar-refractivity contribution < 1.29 is 4.39 Å². The number of hydrogen-bond donors (Lipinski definition) is 1. The highest BCUT2D eigenvalue weighted by atomic mass is 19.1. The molecule has 1 heterocycles. The second-order valence-corrected chi connectivity index (χ2v) is 5.19. The Hall–Kier alpha value is -1.09. The van der Waals surface area contributed by atoms with Crippen LogP contribution in [0.1, 0.15) is 32.1 Å². The van der Waals surface area contributed by atoms with Gasteiger partial charge >= 0.3 is 0 Å². The van der Waals surface area contributed by atoms with Gasteiger partial charge in [0.2, 0.25) is 0 Å². The van der Waals surface area contributed by atoms with Gasteiger partial charge in [-0.1, -0.05) is 6.42 Å². The summed E-state index contributed by atoms with van der Waals surface area (Å²) in [6.07, 6.45) is 6.44. The van der Waals surface area contributed by atoms with E-state index in [4.69, 9.17) is 0 Å². The Morgan fingerprint density at radius 3 is 2.72 bits per heavy atom. The molecule has 1 N–H and O–H groups in total. The zero-order chi connectivity index (χ0) is 12.8. The van der Waals surface area contributed by atoms with Crippen molar-refractivity contribution in [2.45, 2.75) is 38.1 Å². The number of piperidine rings is 1.